The third-order valence-electron chi connectivity index (χ3n) is 5.39. The van der Waals surface area contributed by atoms with Gasteiger partial charge in [0.15, 0.2) is 0 Å². The molecule has 1 atom stereocenters. The second-order valence-electron chi connectivity index (χ2n) is 7.79. The lowest BCUT2D eigenvalue weighted by molar-refractivity contribution is 0.334. The van der Waals surface area contributed by atoms with Crippen molar-refractivity contribution in [2.45, 2.75) is 32.7 Å². The lowest BCUT2D eigenvalue weighted by Crippen LogP contribution is -2.23. The van der Waals surface area contributed by atoms with Gasteiger partial charge in [0.05, 0.1) is 29.6 Å². The standard InChI is InChI=1S/C25H25N7O/c1-5-11-29-20(6-2)23-22-21(17-7-9-18(10-8-17)31-13-12-28-15-31)19(14-26)24(27)33-25(22)32(30-23)16(3)4/h5-13,15-16,21H,2,27H2,1,3-4H3/b11-5-,29-20?. The van der Waals surface area contributed by atoms with Crippen molar-refractivity contribution in [3.8, 4) is 17.6 Å². The quantitative estimate of drug-likeness (QED) is 0.574. The Labute approximate surface area is 192 Å². The van der Waals surface area contributed by atoms with Gasteiger partial charge in [-0.1, -0.05) is 24.8 Å². The number of fused-ring (bicyclic) bond motifs is 1. The van der Waals surface area contributed by atoms with Gasteiger partial charge in [0.1, 0.15) is 17.3 Å². The summed E-state index contributed by atoms with van der Waals surface area (Å²) in [6.45, 7) is 9.82. The van der Waals surface area contributed by atoms with Crippen LogP contribution >= 0.6 is 0 Å². The van der Waals surface area contributed by atoms with E-state index in [1.807, 2.05) is 61.9 Å². The van der Waals surface area contributed by atoms with Crippen molar-refractivity contribution in [1.82, 2.24) is 19.3 Å². The Kier molecular flexibility index (Phi) is 5.96. The van der Waals surface area contributed by atoms with Crippen LogP contribution in [-0.4, -0.2) is 25.0 Å². The van der Waals surface area contributed by atoms with E-state index in [9.17, 15) is 5.26 Å². The van der Waals surface area contributed by atoms with E-state index in [1.54, 1.807) is 29.5 Å². The first-order valence-corrected chi connectivity index (χ1v) is 10.6. The lowest BCUT2D eigenvalue weighted by atomic mass is 9.83. The van der Waals surface area contributed by atoms with Gasteiger partial charge in [-0.25, -0.2) is 9.67 Å². The van der Waals surface area contributed by atoms with Crippen LogP contribution in [0.5, 0.6) is 5.88 Å². The molecule has 0 amide bonds. The van der Waals surface area contributed by atoms with E-state index in [4.69, 9.17) is 15.6 Å². The largest absolute Gasteiger partial charge is 0.422 e. The van der Waals surface area contributed by atoms with E-state index in [-0.39, 0.29) is 11.9 Å². The number of imidazole rings is 1. The van der Waals surface area contributed by atoms with Crippen LogP contribution in [0, 0.1) is 11.3 Å². The van der Waals surface area contributed by atoms with Gasteiger partial charge in [-0.2, -0.15) is 10.4 Å². The van der Waals surface area contributed by atoms with E-state index >= 15 is 0 Å². The van der Waals surface area contributed by atoms with Crippen LogP contribution < -0.4 is 10.5 Å². The lowest BCUT2D eigenvalue weighted by Gasteiger charge is -2.25. The molecule has 4 rings (SSSR count). The molecular formula is C25H25N7O. The molecule has 0 fully saturated rings. The Hall–Kier alpha value is -4.38. The fraction of sp³-hybridized carbons (Fsp3) is 0.200. The number of nitrogens with zero attached hydrogens (tertiary/aromatic N) is 6. The normalized spacial score (nSPS) is 16.1. The van der Waals surface area contributed by atoms with Crippen molar-refractivity contribution in [2.75, 3.05) is 0 Å². The predicted molar refractivity (Wildman–Crippen MR) is 127 cm³/mol. The zero-order valence-electron chi connectivity index (χ0n) is 18.8. The highest BCUT2D eigenvalue weighted by Crippen LogP contribution is 2.45. The molecule has 0 bridgehead atoms. The monoisotopic (exact) mass is 439 g/mol. The van der Waals surface area contributed by atoms with Crippen molar-refractivity contribution < 1.29 is 4.74 Å². The third-order valence-corrected chi connectivity index (χ3v) is 5.39. The average molecular weight is 440 g/mol. The van der Waals surface area contributed by atoms with Crippen molar-refractivity contribution in [2.24, 2.45) is 10.7 Å². The summed E-state index contributed by atoms with van der Waals surface area (Å²) in [6.07, 6.45) is 10.5. The minimum Gasteiger partial charge on any atom is -0.422 e. The number of allylic oxidation sites excluding steroid dienone is 3. The SMILES string of the molecule is C=CC(=N/C=C\C)c1nn(C(C)C)c2c1C(c1ccc(-n3ccnc3)cc1)C(C#N)=C(N)O2. The number of nitrogens with two attached hydrogens (primary N) is 1. The summed E-state index contributed by atoms with van der Waals surface area (Å²) in [7, 11) is 0. The molecular weight excluding hydrogens is 414 g/mol. The number of benzene rings is 1. The van der Waals surface area contributed by atoms with Crippen molar-refractivity contribution in [3.05, 3.63) is 96.2 Å². The van der Waals surface area contributed by atoms with Crippen molar-refractivity contribution >= 4 is 5.71 Å². The van der Waals surface area contributed by atoms with Gasteiger partial charge in [-0.15, -0.1) is 0 Å². The van der Waals surface area contributed by atoms with Gasteiger partial charge in [0.2, 0.25) is 11.8 Å². The zero-order chi connectivity index (χ0) is 23.5. The number of aliphatic imine (C=N–C) groups is 1. The van der Waals surface area contributed by atoms with Gasteiger partial charge in [0, 0.05) is 24.3 Å². The highest BCUT2D eigenvalue weighted by Gasteiger charge is 2.38. The fourth-order valence-corrected chi connectivity index (χ4v) is 3.85. The van der Waals surface area contributed by atoms with Crippen LogP contribution in [0.3, 0.4) is 0 Å². The minimum atomic E-state index is -0.464. The van der Waals surface area contributed by atoms with Crippen LogP contribution in [0.1, 0.15) is 49.6 Å². The second-order valence-corrected chi connectivity index (χ2v) is 7.79. The van der Waals surface area contributed by atoms with E-state index in [2.05, 4.69) is 22.6 Å². The number of hydrogen-bond donors (Lipinski definition) is 1. The van der Waals surface area contributed by atoms with Gasteiger partial charge in [0.25, 0.3) is 0 Å². The maximum Gasteiger partial charge on any atom is 0.224 e. The van der Waals surface area contributed by atoms with Crippen LogP contribution in [0.15, 0.2) is 84.4 Å². The Bertz CT molecular complexity index is 1300. The highest BCUT2D eigenvalue weighted by molar-refractivity contribution is 6.09. The van der Waals surface area contributed by atoms with E-state index in [0.29, 0.717) is 22.9 Å². The van der Waals surface area contributed by atoms with E-state index < -0.39 is 5.92 Å². The molecule has 1 unspecified atom stereocenters. The van der Waals surface area contributed by atoms with Gasteiger partial charge >= 0.3 is 0 Å². The fourth-order valence-electron chi connectivity index (χ4n) is 3.85. The summed E-state index contributed by atoms with van der Waals surface area (Å²) in [5, 5.41) is 14.8. The molecule has 1 aliphatic rings. The molecule has 0 spiro atoms. The maximum absolute atomic E-state index is 10.00. The first-order chi connectivity index (χ1) is 16.0. The summed E-state index contributed by atoms with van der Waals surface area (Å²) in [6, 6.07) is 10.2. The summed E-state index contributed by atoms with van der Waals surface area (Å²) in [4.78, 5) is 8.60. The Morgan fingerprint density at radius 2 is 2.09 bits per heavy atom. The summed E-state index contributed by atoms with van der Waals surface area (Å²) in [5.41, 5.74) is 10.3. The first-order valence-electron chi connectivity index (χ1n) is 10.6. The molecule has 166 valence electrons. The van der Waals surface area contributed by atoms with Crippen LogP contribution in [0.4, 0.5) is 0 Å². The molecule has 8 heteroatoms. The smallest absolute Gasteiger partial charge is 0.224 e. The third kappa shape index (κ3) is 3.85. The molecule has 2 aromatic heterocycles. The Morgan fingerprint density at radius 3 is 2.67 bits per heavy atom. The van der Waals surface area contributed by atoms with Crippen molar-refractivity contribution in [1.29, 1.82) is 5.26 Å². The zero-order valence-corrected chi connectivity index (χ0v) is 18.8. The molecule has 0 saturated carbocycles. The highest BCUT2D eigenvalue weighted by atomic mass is 16.5. The molecule has 0 aliphatic carbocycles. The van der Waals surface area contributed by atoms with E-state index in [1.165, 1.54) is 0 Å². The number of rotatable bonds is 6. The Balaban J connectivity index is 1.95. The average Bonchev–Trinajstić information content (AvgIpc) is 3.48. The number of hydrogen-bond acceptors (Lipinski definition) is 6. The van der Waals surface area contributed by atoms with Crippen LogP contribution in [0.25, 0.3) is 5.69 Å². The van der Waals surface area contributed by atoms with E-state index in [0.717, 1.165) is 16.8 Å². The predicted octanol–water partition coefficient (Wildman–Crippen LogP) is 4.38. The summed E-state index contributed by atoms with van der Waals surface area (Å²) >= 11 is 0. The second kappa shape index (κ2) is 9.01. The van der Waals surface area contributed by atoms with Gasteiger partial charge in [-0.3, -0.25) is 4.99 Å². The summed E-state index contributed by atoms with van der Waals surface area (Å²) < 4.78 is 9.64. The molecule has 0 saturated heterocycles. The molecule has 3 heterocycles. The molecule has 2 N–H and O–H groups in total. The molecule has 1 aliphatic heterocycles. The van der Waals surface area contributed by atoms with Gasteiger partial charge < -0.3 is 15.0 Å². The molecule has 0 radical (unpaired) electrons. The molecule has 1 aromatic carbocycles. The molecule has 33 heavy (non-hydrogen) atoms. The maximum atomic E-state index is 10.00. The summed E-state index contributed by atoms with van der Waals surface area (Å²) in [5.74, 6) is 0.122. The van der Waals surface area contributed by atoms with Crippen LogP contribution in [-0.2, 0) is 0 Å². The minimum absolute atomic E-state index is 0.000912. The number of ether oxygens (including phenoxy) is 1. The van der Waals surface area contributed by atoms with Crippen molar-refractivity contribution in [3.63, 3.8) is 0 Å². The number of nitriles is 1. The Morgan fingerprint density at radius 1 is 1.33 bits per heavy atom. The molecule has 8 nitrogen and oxygen atoms in total. The topological polar surface area (TPSA) is 107 Å². The van der Waals surface area contributed by atoms with Gasteiger partial charge in [-0.05, 0) is 44.5 Å². The molecule has 3 aromatic rings. The first kappa shape index (κ1) is 21.8. The van der Waals surface area contributed by atoms with Crippen LogP contribution in [0.2, 0.25) is 0 Å². The number of aromatic nitrogens is 4.